The molecule has 0 aliphatic rings. The summed E-state index contributed by atoms with van der Waals surface area (Å²) in [5, 5.41) is 13.3. The van der Waals surface area contributed by atoms with E-state index in [1.54, 1.807) is 0 Å². The second kappa shape index (κ2) is 6.60. The molecule has 0 bridgehead atoms. The van der Waals surface area contributed by atoms with E-state index in [2.05, 4.69) is 62.4 Å². The van der Waals surface area contributed by atoms with Crippen LogP contribution in [0.3, 0.4) is 0 Å². The highest BCUT2D eigenvalue weighted by molar-refractivity contribution is 14.1. The Morgan fingerprint density at radius 3 is 1.87 bits per heavy atom. The monoisotopic (exact) mass is 438 g/mol. The third kappa shape index (κ3) is 2.56. The molecule has 0 aliphatic carbocycles. The average molecular weight is 438 g/mol. The number of phenolic OH excluding ortho intramolecular Hbond substituents is 1. The van der Waals surface area contributed by atoms with Gasteiger partial charge in [-0.15, -0.1) is 11.3 Å². The van der Waals surface area contributed by atoms with Gasteiger partial charge in [-0.25, -0.2) is 0 Å². The SMILES string of the molecule is CCc1cc2c(sc3c(CC)c(I)c(CC)cc32)c(CC)c1O. The normalized spacial score (nSPS) is 11.7. The summed E-state index contributed by atoms with van der Waals surface area (Å²) in [5.74, 6) is 0.512. The smallest absolute Gasteiger partial charge is 0.123 e. The lowest BCUT2D eigenvalue weighted by molar-refractivity contribution is 0.464. The second-order valence-electron chi connectivity index (χ2n) is 5.96. The molecule has 0 radical (unpaired) electrons. The van der Waals surface area contributed by atoms with Crippen LogP contribution in [0.1, 0.15) is 49.9 Å². The van der Waals surface area contributed by atoms with Crippen LogP contribution in [-0.4, -0.2) is 5.11 Å². The third-order valence-corrected chi connectivity index (χ3v) is 7.46. The minimum absolute atomic E-state index is 0.512. The predicted molar refractivity (Wildman–Crippen MR) is 111 cm³/mol. The van der Waals surface area contributed by atoms with Gasteiger partial charge in [0.1, 0.15) is 5.75 Å². The molecule has 1 heterocycles. The number of phenols is 1. The number of thiophene rings is 1. The molecule has 1 nitrogen and oxygen atoms in total. The molecule has 3 heteroatoms. The molecule has 23 heavy (non-hydrogen) atoms. The van der Waals surface area contributed by atoms with E-state index in [4.69, 9.17) is 0 Å². The van der Waals surface area contributed by atoms with E-state index in [9.17, 15) is 5.11 Å². The number of rotatable bonds is 4. The van der Waals surface area contributed by atoms with Crippen LogP contribution in [0.5, 0.6) is 5.75 Å². The Hall–Kier alpha value is -0.810. The molecule has 3 rings (SSSR count). The van der Waals surface area contributed by atoms with E-state index in [-0.39, 0.29) is 0 Å². The van der Waals surface area contributed by atoms with Crippen molar-refractivity contribution in [3.05, 3.63) is 38.0 Å². The summed E-state index contributed by atoms with van der Waals surface area (Å²) in [6.45, 7) is 8.74. The van der Waals surface area contributed by atoms with Crippen molar-refractivity contribution < 1.29 is 5.11 Å². The molecule has 0 saturated carbocycles. The highest BCUT2D eigenvalue weighted by Gasteiger charge is 2.18. The maximum Gasteiger partial charge on any atom is 0.123 e. The van der Waals surface area contributed by atoms with Gasteiger partial charge in [-0.1, -0.05) is 27.7 Å². The van der Waals surface area contributed by atoms with Crippen LogP contribution in [0, 0.1) is 3.57 Å². The first-order valence-electron chi connectivity index (χ1n) is 8.47. The Bertz CT molecular complexity index is 820. The number of hydrogen-bond donors (Lipinski definition) is 1. The van der Waals surface area contributed by atoms with E-state index in [0.717, 1.165) is 36.8 Å². The number of aromatic hydroxyl groups is 1. The topological polar surface area (TPSA) is 20.2 Å². The zero-order chi connectivity index (χ0) is 16.7. The Kier molecular flexibility index (Phi) is 4.88. The summed E-state index contributed by atoms with van der Waals surface area (Å²) >= 11 is 4.38. The van der Waals surface area contributed by atoms with Crippen LogP contribution < -0.4 is 0 Å². The summed E-state index contributed by atoms with van der Waals surface area (Å²) in [6.07, 6.45) is 3.88. The summed E-state index contributed by atoms with van der Waals surface area (Å²) < 4.78 is 4.10. The standard InChI is InChI=1S/C20H23IOS/c1-5-11-9-15-16-10-12(6-2)18(22)14(8-4)20(16)23-19(15)13(7-3)17(11)21/h9-10,22H,5-8H2,1-4H3. The summed E-state index contributed by atoms with van der Waals surface area (Å²) in [5.41, 5.74) is 5.11. The Balaban J connectivity index is 2.53. The summed E-state index contributed by atoms with van der Waals surface area (Å²) in [6, 6.07) is 4.60. The largest absolute Gasteiger partial charge is 0.507 e. The molecule has 1 aromatic heterocycles. The average Bonchev–Trinajstić information content (AvgIpc) is 2.91. The molecular formula is C20H23IOS. The quantitative estimate of drug-likeness (QED) is 0.454. The number of benzene rings is 2. The number of fused-ring (bicyclic) bond motifs is 3. The van der Waals surface area contributed by atoms with E-state index >= 15 is 0 Å². The second-order valence-corrected chi connectivity index (χ2v) is 8.06. The molecule has 0 unspecified atom stereocenters. The Morgan fingerprint density at radius 1 is 0.826 bits per heavy atom. The van der Waals surface area contributed by atoms with Crippen molar-refractivity contribution >= 4 is 54.1 Å². The van der Waals surface area contributed by atoms with Crippen molar-refractivity contribution in [1.82, 2.24) is 0 Å². The lowest BCUT2D eigenvalue weighted by Gasteiger charge is -2.10. The van der Waals surface area contributed by atoms with Crippen molar-refractivity contribution in [1.29, 1.82) is 0 Å². The zero-order valence-electron chi connectivity index (χ0n) is 14.2. The molecule has 1 N–H and O–H groups in total. The zero-order valence-corrected chi connectivity index (χ0v) is 17.2. The minimum Gasteiger partial charge on any atom is -0.507 e. The number of hydrogen-bond acceptors (Lipinski definition) is 2. The van der Waals surface area contributed by atoms with Gasteiger partial charge in [0.25, 0.3) is 0 Å². The van der Waals surface area contributed by atoms with E-state index in [1.165, 1.54) is 34.9 Å². The van der Waals surface area contributed by atoms with Crippen molar-refractivity contribution in [3.8, 4) is 5.75 Å². The first-order chi connectivity index (χ1) is 11.1. The molecule has 0 aliphatic heterocycles. The molecule has 3 aromatic rings. The number of halogens is 1. The van der Waals surface area contributed by atoms with Crippen LogP contribution in [0.4, 0.5) is 0 Å². The van der Waals surface area contributed by atoms with Gasteiger partial charge in [0.05, 0.1) is 0 Å². The fraction of sp³-hybridized carbons (Fsp3) is 0.400. The first kappa shape index (κ1) is 17.0. The molecule has 0 saturated heterocycles. The van der Waals surface area contributed by atoms with Crippen molar-refractivity contribution in [2.75, 3.05) is 0 Å². The van der Waals surface area contributed by atoms with Crippen LogP contribution in [0.15, 0.2) is 12.1 Å². The molecule has 0 spiro atoms. The molecule has 0 atom stereocenters. The van der Waals surface area contributed by atoms with E-state index in [1.807, 2.05) is 11.3 Å². The van der Waals surface area contributed by atoms with Crippen molar-refractivity contribution in [2.45, 2.75) is 53.4 Å². The highest BCUT2D eigenvalue weighted by atomic mass is 127. The highest BCUT2D eigenvalue weighted by Crippen LogP contribution is 2.44. The maximum atomic E-state index is 10.6. The van der Waals surface area contributed by atoms with Gasteiger partial charge in [-0.05, 0) is 77.1 Å². The summed E-state index contributed by atoms with van der Waals surface area (Å²) in [4.78, 5) is 0. The molecule has 0 amide bonds. The van der Waals surface area contributed by atoms with Crippen molar-refractivity contribution in [2.24, 2.45) is 0 Å². The van der Waals surface area contributed by atoms with Gasteiger partial charge < -0.3 is 5.11 Å². The maximum absolute atomic E-state index is 10.6. The van der Waals surface area contributed by atoms with Crippen LogP contribution in [-0.2, 0) is 25.7 Å². The lowest BCUT2D eigenvalue weighted by Crippen LogP contribution is -1.94. The van der Waals surface area contributed by atoms with Gasteiger partial charge in [-0.2, -0.15) is 0 Å². The fourth-order valence-corrected chi connectivity index (χ4v) is 6.30. The molecular weight excluding hydrogens is 415 g/mol. The van der Waals surface area contributed by atoms with Gasteiger partial charge >= 0.3 is 0 Å². The molecule has 2 aromatic carbocycles. The van der Waals surface area contributed by atoms with Gasteiger partial charge in [0, 0.05) is 29.3 Å². The van der Waals surface area contributed by atoms with E-state index in [0.29, 0.717) is 5.75 Å². The van der Waals surface area contributed by atoms with Crippen LogP contribution >= 0.6 is 33.9 Å². The number of aryl methyl sites for hydroxylation is 4. The Morgan fingerprint density at radius 2 is 1.35 bits per heavy atom. The van der Waals surface area contributed by atoms with Crippen LogP contribution in [0.2, 0.25) is 0 Å². The van der Waals surface area contributed by atoms with Gasteiger partial charge in [0.15, 0.2) is 0 Å². The van der Waals surface area contributed by atoms with Crippen LogP contribution in [0.25, 0.3) is 20.2 Å². The third-order valence-electron chi connectivity index (χ3n) is 4.77. The van der Waals surface area contributed by atoms with Crippen molar-refractivity contribution in [3.63, 3.8) is 0 Å². The fourth-order valence-electron chi connectivity index (χ4n) is 3.44. The molecule has 0 fully saturated rings. The summed E-state index contributed by atoms with van der Waals surface area (Å²) in [7, 11) is 0. The Labute approximate surface area is 155 Å². The predicted octanol–water partition coefficient (Wildman–Crippen LogP) is 6.61. The minimum atomic E-state index is 0.512. The van der Waals surface area contributed by atoms with E-state index < -0.39 is 0 Å². The first-order valence-corrected chi connectivity index (χ1v) is 10.4. The van der Waals surface area contributed by atoms with Gasteiger partial charge in [0.2, 0.25) is 0 Å². The molecule has 122 valence electrons. The lowest BCUT2D eigenvalue weighted by atomic mass is 9.97. The van der Waals surface area contributed by atoms with Gasteiger partial charge in [-0.3, -0.25) is 0 Å².